The van der Waals surface area contributed by atoms with Crippen LogP contribution in [0.15, 0.2) is 35.3 Å². The van der Waals surface area contributed by atoms with Crippen LogP contribution in [0.5, 0.6) is 11.5 Å². The van der Waals surface area contributed by atoms with Crippen molar-refractivity contribution < 1.29 is 14.9 Å². The minimum absolute atomic E-state index is 0.0158. The van der Waals surface area contributed by atoms with Crippen LogP contribution in [0.3, 0.4) is 0 Å². The number of piperidine rings is 1. The number of rotatable bonds is 3. The second-order valence-electron chi connectivity index (χ2n) is 11.2. The summed E-state index contributed by atoms with van der Waals surface area (Å²) in [5.41, 5.74) is 15.5. The maximum Gasteiger partial charge on any atom is 0.191 e. The fraction of sp³-hybridized carbons (Fsp3) is 0.444. The van der Waals surface area contributed by atoms with E-state index >= 15 is 0 Å². The van der Waals surface area contributed by atoms with E-state index in [2.05, 4.69) is 14.9 Å². The zero-order chi connectivity index (χ0) is 23.7. The molecule has 0 amide bonds. The van der Waals surface area contributed by atoms with Crippen LogP contribution in [0.25, 0.3) is 10.9 Å². The first-order chi connectivity index (χ1) is 16.9. The number of aromatic nitrogens is 1. The van der Waals surface area contributed by atoms with Gasteiger partial charge in [-0.3, -0.25) is 4.90 Å². The lowest BCUT2D eigenvalue weighted by atomic mass is 9.49. The lowest BCUT2D eigenvalue weighted by Crippen LogP contribution is -2.74. The zero-order valence-electron chi connectivity index (χ0n) is 19.4. The Morgan fingerprint density at radius 1 is 1.23 bits per heavy atom. The molecule has 180 valence electrons. The Balaban J connectivity index is 1.37. The van der Waals surface area contributed by atoms with Gasteiger partial charge < -0.3 is 31.4 Å². The van der Waals surface area contributed by atoms with E-state index in [-0.39, 0.29) is 23.9 Å². The molecule has 2 fully saturated rings. The average Bonchev–Trinajstić information content (AvgIpc) is 3.45. The molecule has 3 aromatic rings. The minimum atomic E-state index is -0.989. The molecular weight excluding hydrogens is 442 g/mol. The maximum atomic E-state index is 12.8. The zero-order valence-corrected chi connectivity index (χ0v) is 19.4. The van der Waals surface area contributed by atoms with Gasteiger partial charge in [0, 0.05) is 35.5 Å². The van der Waals surface area contributed by atoms with Gasteiger partial charge in [0.15, 0.2) is 23.6 Å². The molecule has 8 nitrogen and oxygen atoms in total. The number of aliphatic hydroxyl groups is 1. The highest BCUT2D eigenvalue weighted by molar-refractivity contribution is 5.89. The Kier molecular flexibility index (Phi) is 3.60. The molecule has 0 radical (unpaired) electrons. The van der Waals surface area contributed by atoms with Gasteiger partial charge in [0.25, 0.3) is 0 Å². The number of aromatic hydroxyl groups is 1. The lowest BCUT2D eigenvalue weighted by molar-refractivity contribution is -0.173. The Hall–Kier alpha value is -3.23. The van der Waals surface area contributed by atoms with E-state index in [0.717, 1.165) is 59.6 Å². The Bertz CT molecular complexity index is 1450. The molecular formula is C27H29N5O3. The summed E-state index contributed by atoms with van der Waals surface area (Å²) in [5, 5.41) is 24.7. The van der Waals surface area contributed by atoms with Crippen molar-refractivity contribution in [1.82, 2.24) is 9.88 Å². The van der Waals surface area contributed by atoms with Crippen LogP contribution in [0, 0.1) is 5.92 Å². The molecule has 8 heteroatoms. The van der Waals surface area contributed by atoms with Crippen LogP contribution in [-0.2, 0) is 18.3 Å². The second-order valence-corrected chi connectivity index (χ2v) is 11.2. The number of phenolic OH excluding ortho intramolecular Hbond substituents is 1. The third kappa shape index (κ3) is 2.37. The molecule has 2 bridgehead atoms. The minimum Gasteiger partial charge on any atom is -0.504 e. The summed E-state index contributed by atoms with van der Waals surface area (Å²) in [5.74, 6) is 1.47. The van der Waals surface area contributed by atoms with E-state index in [1.807, 2.05) is 24.3 Å². The van der Waals surface area contributed by atoms with Crippen molar-refractivity contribution in [1.29, 1.82) is 0 Å². The highest BCUT2D eigenvalue weighted by Crippen LogP contribution is 2.69. The van der Waals surface area contributed by atoms with Gasteiger partial charge in [-0.25, -0.2) is 4.99 Å². The van der Waals surface area contributed by atoms with Crippen molar-refractivity contribution in [3.63, 3.8) is 0 Å². The number of guanidine groups is 1. The Labute approximate surface area is 202 Å². The van der Waals surface area contributed by atoms with E-state index in [9.17, 15) is 10.2 Å². The van der Waals surface area contributed by atoms with E-state index < -0.39 is 11.0 Å². The number of benzene rings is 2. The first-order valence-electron chi connectivity index (χ1n) is 12.6. The number of ether oxygens (including phenoxy) is 1. The first kappa shape index (κ1) is 20.0. The molecule has 5 aliphatic rings. The summed E-state index contributed by atoms with van der Waals surface area (Å²) in [6.45, 7) is 1.99. The normalized spacial score (nSPS) is 32.1. The van der Waals surface area contributed by atoms with E-state index in [0.29, 0.717) is 17.9 Å². The molecule has 2 aliphatic heterocycles. The monoisotopic (exact) mass is 471 g/mol. The molecule has 8 rings (SSSR count). The molecule has 1 saturated heterocycles. The van der Waals surface area contributed by atoms with Crippen LogP contribution < -0.4 is 16.2 Å². The Morgan fingerprint density at radius 2 is 2.09 bits per heavy atom. The van der Waals surface area contributed by atoms with Crippen molar-refractivity contribution in [2.75, 3.05) is 13.1 Å². The van der Waals surface area contributed by atoms with Crippen LogP contribution in [-0.4, -0.2) is 50.8 Å². The molecule has 1 aromatic heterocycles. The predicted octanol–water partition coefficient (Wildman–Crippen LogP) is 2.48. The molecule has 1 saturated carbocycles. The number of phenols is 1. The number of nitrogens with two attached hydrogens (primary N) is 2. The summed E-state index contributed by atoms with van der Waals surface area (Å²) in [6.07, 6.45) is 4.31. The summed E-state index contributed by atoms with van der Waals surface area (Å²) >= 11 is 0. The summed E-state index contributed by atoms with van der Waals surface area (Å²) in [6, 6.07) is 9.68. The quantitative estimate of drug-likeness (QED) is 0.294. The van der Waals surface area contributed by atoms with Crippen molar-refractivity contribution in [3.8, 4) is 11.5 Å². The van der Waals surface area contributed by atoms with Gasteiger partial charge >= 0.3 is 0 Å². The smallest absolute Gasteiger partial charge is 0.191 e. The molecule has 35 heavy (non-hydrogen) atoms. The highest BCUT2D eigenvalue weighted by Gasteiger charge is 2.72. The van der Waals surface area contributed by atoms with E-state index in [4.69, 9.17) is 16.2 Å². The number of fused-ring (bicyclic) bond motifs is 4. The fourth-order valence-electron chi connectivity index (χ4n) is 7.84. The molecule has 4 atom stereocenters. The molecule has 1 spiro atoms. The third-order valence-corrected chi connectivity index (χ3v) is 9.40. The number of H-pyrrole nitrogens is 1. The molecule has 3 heterocycles. The van der Waals surface area contributed by atoms with E-state index in [1.54, 1.807) is 6.07 Å². The van der Waals surface area contributed by atoms with Gasteiger partial charge in [0.2, 0.25) is 0 Å². The number of hydrogen-bond donors (Lipinski definition) is 5. The van der Waals surface area contributed by atoms with Crippen molar-refractivity contribution >= 4 is 22.5 Å². The topological polar surface area (TPSA) is 133 Å². The SMILES string of the molecule is NC(N)=Nc1ccc2c3c([nH]c2c1)[C@@H]1Oc2c(O)ccc4c2[C@@]12CCN(CC1CC1)[C@@H](C4)[C@]2(O)C3. The summed E-state index contributed by atoms with van der Waals surface area (Å²) in [4.78, 5) is 10.4. The summed E-state index contributed by atoms with van der Waals surface area (Å²) < 4.78 is 6.63. The first-order valence-corrected chi connectivity index (χ1v) is 12.6. The van der Waals surface area contributed by atoms with Crippen LogP contribution in [0.1, 0.15) is 47.8 Å². The number of hydrogen-bond acceptors (Lipinski definition) is 5. The molecule has 2 aromatic carbocycles. The van der Waals surface area contributed by atoms with Gasteiger partial charge in [-0.05, 0) is 67.5 Å². The van der Waals surface area contributed by atoms with Crippen molar-refractivity contribution in [2.24, 2.45) is 22.4 Å². The largest absolute Gasteiger partial charge is 0.504 e. The van der Waals surface area contributed by atoms with Gasteiger partial charge in [0.05, 0.1) is 22.4 Å². The molecule has 7 N–H and O–H groups in total. The molecule has 0 unspecified atom stereocenters. The Morgan fingerprint density at radius 3 is 2.89 bits per heavy atom. The third-order valence-electron chi connectivity index (χ3n) is 9.40. The van der Waals surface area contributed by atoms with Crippen molar-refractivity contribution in [2.45, 2.75) is 55.3 Å². The highest BCUT2D eigenvalue weighted by atomic mass is 16.5. The van der Waals surface area contributed by atoms with Gasteiger partial charge in [-0.2, -0.15) is 0 Å². The van der Waals surface area contributed by atoms with Crippen LogP contribution in [0.4, 0.5) is 5.69 Å². The van der Waals surface area contributed by atoms with Gasteiger partial charge in [-0.15, -0.1) is 0 Å². The predicted molar refractivity (Wildman–Crippen MR) is 132 cm³/mol. The van der Waals surface area contributed by atoms with Crippen molar-refractivity contribution in [3.05, 3.63) is 52.7 Å². The number of nitrogens with zero attached hydrogens (tertiary/aromatic N) is 2. The van der Waals surface area contributed by atoms with E-state index in [1.165, 1.54) is 18.4 Å². The number of likely N-dealkylation sites (tertiary alicyclic amines) is 1. The summed E-state index contributed by atoms with van der Waals surface area (Å²) in [7, 11) is 0. The lowest BCUT2D eigenvalue weighted by Gasteiger charge is -2.62. The van der Waals surface area contributed by atoms with Crippen LogP contribution >= 0.6 is 0 Å². The second kappa shape index (κ2) is 6.30. The van der Waals surface area contributed by atoms with Gasteiger partial charge in [0.1, 0.15) is 0 Å². The number of aliphatic imine (C=N–C) groups is 1. The van der Waals surface area contributed by atoms with Gasteiger partial charge in [-0.1, -0.05) is 12.1 Å². The van der Waals surface area contributed by atoms with Crippen LogP contribution in [0.2, 0.25) is 0 Å². The fourth-order valence-corrected chi connectivity index (χ4v) is 7.84. The molecule has 3 aliphatic carbocycles. The number of aromatic amines is 1. The average molecular weight is 472 g/mol. The number of nitrogens with one attached hydrogen (secondary N) is 1. The maximum absolute atomic E-state index is 12.8. The standard InChI is InChI=1S/C27H29N5O3/c28-25(29)30-15-4-5-16-17-11-27(34)20-9-14-3-6-19(33)23-21(14)26(27,7-8-32(20)12-13-1-2-13)24(35-23)22(17)31-18(16)10-15/h3-6,10,13,20,24,31,33-34H,1-2,7-9,11-12H2,(H4,28,29,30)/t20-,24-,26-,27+/m0/s1.